The van der Waals surface area contributed by atoms with Gasteiger partial charge in [0.2, 0.25) is 0 Å². The van der Waals surface area contributed by atoms with Gasteiger partial charge in [-0.05, 0) is 55.8 Å². The summed E-state index contributed by atoms with van der Waals surface area (Å²) >= 11 is 4.12. The molecule has 0 atom stereocenters. The molecule has 1 fully saturated rings. The number of nitrogens with one attached hydrogen (secondary N) is 2. The number of aromatic amines is 1. The fourth-order valence-electron chi connectivity index (χ4n) is 3.65. The first-order valence-electron chi connectivity index (χ1n) is 11.1. The summed E-state index contributed by atoms with van der Waals surface area (Å²) in [7, 11) is 0. The van der Waals surface area contributed by atoms with Crippen molar-refractivity contribution in [3.63, 3.8) is 0 Å². The van der Waals surface area contributed by atoms with Crippen molar-refractivity contribution in [1.82, 2.24) is 25.1 Å². The van der Waals surface area contributed by atoms with E-state index in [1.54, 1.807) is 6.20 Å². The van der Waals surface area contributed by atoms with Gasteiger partial charge in [0.15, 0.2) is 10.3 Å². The lowest BCUT2D eigenvalue weighted by Gasteiger charge is -2.20. The average Bonchev–Trinajstić information content (AvgIpc) is 3.65. The second kappa shape index (κ2) is 11.1. The summed E-state index contributed by atoms with van der Waals surface area (Å²) in [4.78, 5) is 30.2. The van der Waals surface area contributed by atoms with Gasteiger partial charge in [-0.15, -0.1) is 11.3 Å². The molecule has 9 nitrogen and oxygen atoms in total. The van der Waals surface area contributed by atoms with Gasteiger partial charge >= 0.3 is 0 Å². The predicted molar refractivity (Wildman–Crippen MR) is 138 cm³/mol. The molecule has 0 aliphatic carbocycles. The van der Waals surface area contributed by atoms with Crippen LogP contribution in [0.4, 0.5) is 10.8 Å². The number of nitrogens with zero attached hydrogens (tertiary/aromatic N) is 5. The summed E-state index contributed by atoms with van der Waals surface area (Å²) in [5.41, 5.74) is 1.47. The fraction of sp³-hybridized carbons (Fsp3) is 0.261. The van der Waals surface area contributed by atoms with E-state index in [9.17, 15) is 4.79 Å². The first-order valence-corrected chi connectivity index (χ1v) is 13.7. The number of hydrogen-bond acceptors (Lipinski definition) is 10. The smallest absolute Gasteiger partial charge is 0.277 e. The summed E-state index contributed by atoms with van der Waals surface area (Å²) in [6, 6.07) is 10.0. The van der Waals surface area contributed by atoms with Crippen LogP contribution in [0.15, 0.2) is 68.2 Å². The standard InChI is InChI=1S/C23H23N7O2S3/c1-2-32-16-13-15(30-10-3-4-11-30)5-6-17(16)34-18-7-8-19(35-23-25-14-26-29-23)27-20(18)21(31)28-22-24-9-12-33-22/h5-9,12-14H,2-4,10-11H2,1H3,(H,24,28,31)(H,25,26,29). The van der Waals surface area contributed by atoms with Crippen LogP contribution in [0.1, 0.15) is 30.3 Å². The van der Waals surface area contributed by atoms with Gasteiger partial charge in [-0.2, -0.15) is 5.10 Å². The zero-order valence-corrected chi connectivity index (χ0v) is 21.4. The van der Waals surface area contributed by atoms with Crippen LogP contribution in [0.25, 0.3) is 0 Å². The molecule has 12 heteroatoms. The third-order valence-corrected chi connectivity index (χ3v) is 7.83. The zero-order valence-electron chi connectivity index (χ0n) is 18.9. The second-order valence-corrected chi connectivity index (χ2v) is 10.5. The third-order valence-electron chi connectivity index (χ3n) is 5.21. The molecule has 0 saturated carbocycles. The Morgan fingerprint density at radius 1 is 1.17 bits per heavy atom. The van der Waals surface area contributed by atoms with Crippen molar-refractivity contribution in [1.29, 1.82) is 0 Å². The highest BCUT2D eigenvalue weighted by Gasteiger charge is 2.20. The van der Waals surface area contributed by atoms with Crippen molar-refractivity contribution in [2.24, 2.45) is 0 Å². The normalized spacial score (nSPS) is 13.2. The number of anilines is 2. The Morgan fingerprint density at radius 3 is 2.77 bits per heavy atom. The predicted octanol–water partition coefficient (Wildman–Crippen LogP) is 5.21. The second-order valence-electron chi connectivity index (χ2n) is 7.54. The first kappa shape index (κ1) is 23.6. The number of pyridine rings is 1. The molecule has 0 spiro atoms. The van der Waals surface area contributed by atoms with Crippen LogP contribution in [0.3, 0.4) is 0 Å². The third kappa shape index (κ3) is 5.77. The van der Waals surface area contributed by atoms with Gasteiger partial charge in [0.05, 0.1) is 11.5 Å². The van der Waals surface area contributed by atoms with E-state index in [4.69, 9.17) is 4.74 Å². The van der Waals surface area contributed by atoms with E-state index in [0.29, 0.717) is 27.6 Å². The number of benzene rings is 1. The minimum Gasteiger partial charge on any atom is -0.493 e. The molecular formula is C23H23N7O2S3. The van der Waals surface area contributed by atoms with E-state index in [-0.39, 0.29) is 5.91 Å². The van der Waals surface area contributed by atoms with Gasteiger partial charge in [-0.3, -0.25) is 15.2 Å². The van der Waals surface area contributed by atoms with Crippen molar-refractivity contribution in [2.75, 3.05) is 29.9 Å². The van der Waals surface area contributed by atoms with Crippen LogP contribution in [0.5, 0.6) is 5.75 Å². The summed E-state index contributed by atoms with van der Waals surface area (Å²) in [6.07, 6.45) is 5.50. The average molecular weight is 526 g/mol. The van der Waals surface area contributed by atoms with Crippen LogP contribution < -0.4 is 15.0 Å². The van der Waals surface area contributed by atoms with E-state index in [1.165, 1.54) is 54.0 Å². The van der Waals surface area contributed by atoms with E-state index in [1.807, 2.05) is 24.4 Å². The van der Waals surface area contributed by atoms with Gasteiger partial charge in [0.1, 0.15) is 22.8 Å². The number of aromatic nitrogens is 5. The van der Waals surface area contributed by atoms with Crippen molar-refractivity contribution >= 4 is 51.6 Å². The summed E-state index contributed by atoms with van der Waals surface area (Å²) in [6.45, 7) is 4.65. The molecule has 4 heterocycles. The van der Waals surface area contributed by atoms with Gasteiger partial charge in [0.25, 0.3) is 5.91 Å². The molecule has 0 radical (unpaired) electrons. The maximum Gasteiger partial charge on any atom is 0.277 e. The number of H-pyrrole nitrogens is 1. The minimum absolute atomic E-state index is 0.306. The van der Waals surface area contributed by atoms with Gasteiger partial charge < -0.3 is 9.64 Å². The van der Waals surface area contributed by atoms with Crippen LogP contribution >= 0.6 is 34.9 Å². The highest BCUT2D eigenvalue weighted by molar-refractivity contribution is 7.99. The van der Waals surface area contributed by atoms with Crippen molar-refractivity contribution in [3.8, 4) is 5.75 Å². The Labute approximate surface area is 215 Å². The Hall–Kier alpha value is -3.09. The number of rotatable bonds is 9. The minimum atomic E-state index is -0.325. The van der Waals surface area contributed by atoms with Gasteiger partial charge in [0, 0.05) is 41.3 Å². The molecule has 3 aromatic heterocycles. The summed E-state index contributed by atoms with van der Waals surface area (Å²) in [5.74, 6) is 0.474. The van der Waals surface area contributed by atoms with Gasteiger partial charge in [-0.25, -0.2) is 15.0 Å². The number of carbonyl (C=O) groups excluding carboxylic acids is 1. The molecule has 1 saturated heterocycles. The lowest BCUT2D eigenvalue weighted by atomic mass is 10.2. The topological polar surface area (TPSA) is 109 Å². The Morgan fingerprint density at radius 2 is 2.03 bits per heavy atom. The van der Waals surface area contributed by atoms with E-state index in [0.717, 1.165) is 34.3 Å². The molecule has 5 rings (SSSR count). The molecule has 1 aromatic carbocycles. The van der Waals surface area contributed by atoms with E-state index >= 15 is 0 Å². The van der Waals surface area contributed by atoms with Gasteiger partial charge in [-0.1, -0.05) is 11.8 Å². The zero-order chi connectivity index (χ0) is 24.0. The van der Waals surface area contributed by atoms with Crippen molar-refractivity contribution in [2.45, 2.75) is 39.7 Å². The van der Waals surface area contributed by atoms with Crippen molar-refractivity contribution < 1.29 is 9.53 Å². The Bertz CT molecular complexity index is 1280. The molecule has 35 heavy (non-hydrogen) atoms. The molecule has 180 valence electrons. The number of thiazole rings is 1. The summed E-state index contributed by atoms with van der Waals surface area (Å²) < 4.78 is 5.99. The Balaban J connectivity index is 1.46. The molecule has 4 aromatic rings. The van der Waals surface area contributed by atoms with Crippen molar-refractivity contribution in [3.05, 3.63) is 53.9 Å². The maximum atomic E-state index is 13.2. The molecule has 1 amide bonds. The molecule has 0 unspecified atom stereocenters. The number of carbonyl (C=O) groups is 1. The molecule has 1 aliphatic rings. The maximum absolute atomic E-state index is 13.2. The quantitative estimate of drug-likeness (QED) is 0.304. The monoisotopic (exact) mass is 525 g/mol. The van der Waals surface area contributed by atoms with Crippen LogP contribution in [0, 0.1) is 0 Å². The number of hydrogen-bond donors (Lipinski definition) is 2. The fourth-order valence-corrected chi connectivity index (χ4v) is 5.81. The first-order chi connectivity index (χ1) is 17.2. The van der Waals surface area contributed by atoms with Crippen LogP contribution in [-0.2, 0) is 0 Å². The van der Waals surface area contributed by atoms with E-state index < -0.39 is 0 Å². The number of amides is 1. The van der Waals surface area contributed by atoms with Crippen LogP contribution in [-0.4, -0.2) is 50.8 Å². The lowest BCUT2D eigenvalue weighted by molar-refractivity contribution is 0.101. The Kier molecular flexibility index (Phi) is 7.50. The highest BCUT2D eigenvalue weighted by Crippen LogP contribution is 2.40. The molecule has 1 aliphatic heterocycles. The molecule has 2 N–H and O–H groups in total. The largest absolute Gasteiger partial charge is 0.493 e. The number of ether oxygens (including phenoxy) is 1. The molecular weight excluding hydrogens is 503 g/mol. The lowest BCUT2D eigenvalue weighted by Crippen LogP contribution is -2.17. The molecule has 0 bridgehead atoms. The van der Waals surface area contributed by atoms with Crippen LogP contribution in [0.2, 0.25) is 0 Å². The highest BCUT2D eigenvalue weighted by atomic mass is 32.2. The van der Waals surface area contributed by atoms with E-state index in [2.05, 4.69) is 53.6 Å². The summed E-state index contributed by atoms with van der Waals surface area (Å²) in [5, 5.41) is 13.1. The SMILES string of the molecule is CCOc1cc(N2CCCC2)ccc1Sc1ccc(Sc2ncn[nH]2)nc1C(=O)Nc1nccs1.